The van der Waals surface area contributed by atoms with Gasteiger partial charge in [0.25, 0.3) is 0 Å². The maximum absolute atomic E-state index is 13.0. The van der Waals surface area contributed by atoms with Crippen LogP contribution in [-0.2, 0) is 6.18 Å². The van der Waals surface area contributed by atoms with E-state index in [1.165, 1.54) is 12.3 Å². The smallest absolute Gasteiger partial charge is 0.421 e. The first-order valence-electron chi connectivity index (χ1n) is 8.38. The van der Waals surface area contributed by atoms with E-state index in [2.05, 4.69) is 9.88 Å². The van der Waals surface area contributed by atoms with Crippen LogP contribution in [-0.4, -0.2) is 47.3 Å². The summed E-state index contributed by atoms with van der Waals surface area (Å²) < 4.78 is 44.7. The number of hydrogen-bond acceptors (Lipinski definition) is 4. The SMILES string of the molecule is OCC1(CN2CCC3(C[C@H]3Oc3ncccc3C(F)(F)F)C2)CC1. The normalized spacial score (nSPS) is 31.4. The van der Waals surface area contributed by atoms with Gasteiger partial charge in [-0.05, 0) is 44.4 Å². The fourth-order valence-electron chi connectivity index (χ4n) is 3.88. The molecule has 4 nitrogen and oxygen atoms in total. The first-order valence-corrected chi connectivity index (χ1v) is 8.38. The Balaban J connectivity index is 1.39. The molecule has 2 heterocycles. The van der Waals surface area contributed by atoms with Crippen molar-refractivity contribution >= 4 is 0 Å². The first-order chi connectivity index (χ1) is 11.4. The molecule has 24 heavy (non-hydrogen) atoms. The second-order valence-corrected chi connectivity index (χ2v) is 7.65. The molecule has 3 fully saturated rings. The summed E-state index contributed by atoms with van der Waals surface area (Å²) in [7, 11) is 0. The lowest BCUT2D eigenvalue weighted by Crippen LogP contribution is -2.31. The fourth-order valence-corrected chi connectivity index (χ4v) is 3.88. The average molecular weight is 342 g/mol. The Labute approximate surface area is 138 Å². The Hall–Kier alpha value is -1.34. The number of hydrogen-bond donors (Lipinski definition) is 1. The van der Waals surface area contributed by atoms with Gasteiger partial charge in [0, 0.05) is 36.7 Å². The van der Waals surface area contributed by atoms with Crippen molar-refractivity contribution < 1.29 is 23.0 Å². The lowest BCUT2D eigenvalue weighted by atomic mass is 10.1. The second-order valence-electron chi connectivity index (χ2n) is 7.65. The highest BCUT2D eigenvalue weighted by Crippen LogP contribution is 2.56. The molecule has 0 aromatic carbocycles. The Morgan fingerprint density at radius 1 is 1.33 bits per heavy atom. The van der Waals surface area contributed by atoms with Crippen LogP contribution in [0, 0.1) is 10.8 Å². The summed E-state index contributed by atoms with van der Waals surface area (Å²) in [6.45, 7) is 2.87. The molecule has 1 spiro atoms. The number of aliphatic hydroxyl groups is 1. The van der Waals surface area contributed by atoms with E-state index >= 15 is 0 Å². The number of aromatic nitrogens is 1. The monoisotopic (exact) mass is 342 g/mol. The largest absolute Gasteiger partial charge is 0.473 e. The molecule has 1 unspecified atom stereocenters. The third-order valence-corrected chi connectivity index (χ3v) is 5.76. The molecule has 1 saturated heterocycles. The van der Waals surface area contributed by atoms with Gasteiger partial charge in [0.15, 0.2) is 0 Å². The molecule has 1 aromatic rings. The van der Waals surface area contributed by atoms with Gasteiger partial charge in [0.2, 0.25) is 5.88 Å². The van der Waals surface area contributed by atoms with Crippen LogP contribution in [0.4, 0.5) is 13.2 Å². The lowest BCUT2D eigenvalue weighted by molar-refractivity contribution is -0.139. The van der Waals surface area contributed by atoms with Crippen molar-refractivity contribution in [1.29, 1.82) is 0 Å². The fraction of sp³-hybridized carbons (Fsp3) is 0.706. The van der Waals surface area contributed by atoms with Gasteiger partial charge in [0.05, 0.1) is 0 Å². The van der Waals surface area contributed by atoms with Crippen LogP contribution in [0.25, 0.3) is 0 Å². The molecule has 2 aliphatic carbocycles. The van der Waals surface area contributed by atoms with Crippen molar-refractivity contribution in [2.45, 2.75) is 38.0 Å². The number of ether oxygens (including phenoxy) is 1. The van der Waals surface area contributed by atoms with Crippen LogP contribution >= 0.6 is 0 Å². The summed E-state index contributed by atoms with van der Waals surface area (Å²) in [5, 5.41) is 9.45. The van der Waals surface area contributed by atoms with Gasteiger partial charge in [0.1, 0.15) is 11.7 Å². The van der Waals surface area contributed by atoms with E-state index in [1.807, 2.05) is 0 Å². The third-order valence-electron chi connectivity index (χ3n) is 5.76. The zero-order valence-corrected chi connectivity index (χ0v) is 13.4. The number of halogens is 3. The van der Waals surface area contributed by atoms with Crippen molar-refractivity contribution in [3.63, 3.8) is 0 Å². The maximum atomic E-state index is 13.0. The second kappa shape index (κ2) is 5.33. The van der Waals surface area contributed by atoms with Crippen LogP contribution in [0.15, 0.2) is 18.3 Å². The number of alkyl halides is 3. The van der Waals surface area contributed by atoms with Gasteiger partial charge < -0.3 is 14.7 Å². The predicted octanol–water partition coefficient (Wildman–Crippen LogP) is 2.72. The van der Waals surface area contributed by atoms with Gasteiger partial charge in [-0.2, -0.15) is 13.2 Å². The standard InChI is InChI=1S/C17H21F3N2O2/c18-17(19,20)12-2-1-6-21-14(12)24-13-8-16(13)5-7-22(10-16)9-15(11-23)3-4-15/h1-2,6,13,23H,3-5,7-11H2/t13-,16?/m1/s1. The Kier molecular flexibility index (Phi) is 3.58. The molecule has 1 N–H and O–H groups in total. The Morgan fingerprint density at radius 3 is 2.79 bits per heavy atom. The number of aliphatic hydroxyl groups excluding tert-OH is 1. The molecular weight excluding hydrogens is 321 g/mol. The topological polar surface area (TPSA) is 45.6 Å². The van der Waals surface area contributed by atoms with Gasteiger partial charge in [-0.1, -0.05) is 0 Å². The molecule has 3 aliphatic rings. The molecule has 2 atom stereocenters. The average Bonchev–Trinajstić information content (AvgIpc) is 3.39. The zero-order chi connectivity index (χ0) is 17.0. The molecule has 4 rings (SSSR count). The molecule has 7 heteroatoms. The highest BCUT2D eigenvalue weighted by atomic mass is 19.4. The molecular formula is C17H21F3N2O2. The van der Waals surface area contributed by atoms with Crippen LogP contribution < -0.4 is 4.74 Å². The van der Waals surface area contributed by atoms with Crippen LogP contribution in [0.3, 0.4) is 0 Å². The third kappa shape index (κ3) is 2.88. The van der Waals surface area contributed by atoms with E-state index in [-0.39, 0.29) is 29.4 Å². The lowest BCUT2D eigenvalue weighted by Gasteiger charge is -2.22. The van der Waals surface area contributed by atoms with Gasteiger partial charge in [-0.15, -0.1) is 0 Å². The first kappa shape index (κ1) is 16.1. The van der Waals surface area contributed by atoms with E-state index in [4.69, 9.17) is 4.74 Å². The van der Waals surface area contributed by atoms with Crippen molar-refractivity contribution in [3.05, 3.63) is 23.9 Å². The van der Waals surface area contributed by atoms with Crippen LogP contribution in [0.2, 0.25) is 0 Å². The minimum Gasteiger partial charge on any atom is -0.473 e. The zero-order valence-electron chi connectivity index (χ0n) is 13.4. The maximum Gasteiger partial charge on any atom is 0.421 e. The molecule has 132 valence electrons. The summed E-state index contributed by atoms with van der Waals surface area (Å²) in [5.74, 6) is -0.306. The van der Waals surface area contributed by atoms with E-state index in [0.717, 1.165) is 51.4 Å². The van der Waals surface area contributed by atoms with Crippen LogP contribution in [0.1, 0.15) is 31.2 Å². The van der Waals surface area contributed by atoms with E-state index in [0.29, 0.717) is 0 Å². The summed E-state index contributed by atoms with van der Waals surface area (Å²) in [4.78, 5) is 6.12. The Morgan fingerprint density at radius 2 is 2.12 bits per heavy atom. The highest BCUT2D eigenvalue weighted by molar-refractivity contribution is 5.30. The summed E-state index contributed by atoms with van der Waals surface area (Å²) in [6, 6.07) is 2.29. The molecule has 0 amide bonds. The molecule has 2 saturated carbocycles. The highest BCUT2D eigenvalue weighted by Gasteiger charge is 2.61. The molecule has 0 bridgehead atoms. The number of likely N-dealkylation sites (tertiary alicyclic amines) is 1. The van der Waals surface area contributed by atoms with E-state index in [9.17, 15) is 18.3 Å². The van der Waals surface area contributed by atoms with Crippen molar-refractivity contribution in [2.75, 3.05) is 26.2 Å². The van der Waals surface area contributed by atoms with Crippen LogP contribution in [0.5, 0.6) is 5.88 Å². The Bertz CT molecular complexity index is 633. The minimum absolute atomic E-state index is 0.0358. The number of nitrogens with zero attached hydrogens (tertiary/aromatic N) is 2. The van der Waals surface area contributed by atoms with Gasteiger partial charge >= 0.3 is 6.18 Å². The van der Waals surface area contributed by atoms with E-state index in [1.54, 1.807) is 0 Å². The van der Waals surface area contributed by atoms with Crippen molar-refractivity contribution in [3.8, 4) is 5.88 Å². The summed E-state index contributed by atoms with van der Waals surface area (Å²) in [6.07, 6.45) is 0.538. The number of pyridine rings is 1. The summed E-state index contributed by atoms with van der Waals surface area (Å²) in [5.41, 5.74) is -0.772. The van der Waals surface area contributed by atoms with Gasteiger partial charge in [-0.3, -0.25) is 0 Å². The predicted molar refractivity (Wildman–Crippen MR) is 80.5 cm³/mol. The quantitative estimate of drug-likeness (QED) is 0.894. The van der Waals surface area contributed by atoms with Gasteiger partial charge in [-0.25, -0.2) is 4.98 Å². The van der Waals surface area contributed by atoms with E-state index < -0.39 is 11.7 Å². The van der Waals surface area contributed by atoms with Crippen molar-refractivity contribution in [2.24, 2.45) is 10.8 Å². The molecule has 1 aromatic heterocycles. The summed E-state index contributed by atoms with van der Waals surface area (Å²) >= 11 is 0. The molecule has 0 radical (unpaired) electrons. The number of rotatable bonds is 5. The van der Waals surface area contributed by atoms with Crippen molar-refractivity contribution in [1.82, 2.24) is 9.88 Å². The minimum atomic E-state index is -4.45. The molecule has 1 aliphatic heterocycles.